The van der Waals surface area contributed by atoms with Gasteiger partial charge >= 0.3 is 0 Å². The lowest BCUT2D eigenvalue weighted by molar-refractivity contribution is 0.542. The summed E-state index contributed by atoms with van der Waals surface area (Å²) in [7, 11) is -3.43. The van der Waals surface area contributed by atoms with Crippen molar-refractivity contribution in [1.29, 1.82) is 0 Å². The number of hydrogen-bond acceptors (Lipinski definition) is 3. The molecule has 0 spiro atoms. The minimum absolute atomic E-state index is 0.0733. The van der Waals surface area contributed by atoms with Gasteiger partial charge in [0.05, 0.1) is 6.20 Å². The van der Waals surface area contributed by atoms with Gasteiger partial charge in [0.2, 0.25) is 0 Å². The average molecular weight is 296 g/mol. The lowest BCUT2D eigenvalue weighted by Gasteiger charge is -2.12. The van der Waals surface area contributed by atoms with Crippen molar-refractivity contribution in [3.63, 3.8) is 0 Å². The predicted molar refractivity (Wildman–Crippen MR) is 61.4 cm³/mol. The van der Waals surface area contributed by atoms with Crippen LogP contribution in [0.3, 0.4) is 0 Å². The second-order valence-corrected chi connectivity index (χ2v) is 5.75. The molecule has 1 rings (SSSR count). The molecule has 1 heterocycles. The minimum Gasteiger partial charge on any atom is -0.266 e. The van der Waals surface area contributed by atoms with Crippen LogP contribution in [0.2, 0.25) is 0 Å². The molecule has 0 aromatic carbocycles. The first-order valence-electron chi connectivity index (χ1n) is 4.64. The quantitative estimate of drug-likeness (QED) is 0.776. The van der Waals surface area contributed by atoms with Gasteiger partial charge in [-0.1, -0.05) is 15.9 Å². The van der Waals surface area contributed by atoms with E-state index in [2.05, 4.69) is 30.8 Å². The highest BCUT2D eigenvalue weighted by Crippen LogP contribution is 2.06. The van der Waals surface area contributed by atoms with Gasteiger partial charge in [0, 0.05) is 11.4 Å². The Kier molecular flexibility index (Phi) is 4.75. The Balaban J connectivity index is 2.57. The largest absolute Gasteiger partial charge is 0.266 e. The number of nitrogens with one attached hydrogen (secondary N) is 2. The zero-order valence-electron chi connectivity index (χ0n) is 8.40. The second-order valence-electron chi connectivity index (χ2n) is 3.27. The second kappa shape index (κ2) is 5.62. The van der Waals surface area contributed by atoms with Gasteiger partial charge in [-0.05, 0) is 25.8 Å². The molecular formula is C8H14BrN3O2S. The van der Waals surface area contributed by atoms with Gasteiger partial charge in [0.1, 0.15) is 0 Å². The molecule has 2 N–H and O–H groups in total. The molecule has 0 aliphatic carbocycles. The molecular weight excluding hydrogens is 282 g/mol. The van der Waals surface area contributed by atoms with E-state index >= 15 is 0 Å². The lowest BCUT2D eigenvalue weighted by atomic mass is 10.2. The number of halogens is 1. The smallest absolute Gasteiger partial charge is 0.257 e. The normalized spacial score (nSPS) is 14.0. The number of aromatic amines is 1. The first-order chi connectivity index (χ1) is 7.06. The predicted octanol–water partition coefficient (Wildman–Crippen LogP) is 1.25. The molecule has 7 heteroatoms. The molecule has 0 saturated carbocycles. The number of aromatic nitrogens is 2. The number of hydrogen-bond donors (Lipinski definition) is 2. The number of nitrogens with zero attached hydrogens (tertiary/aromatic N) is 1. The van der Waals surface area contributed by atoms with Gasteiger partial charge in [-0.25, -0.2) is 13.1 Å². The van der Waals surface area contributed by atoms with E-state index in [9.17, 15) is 8.42 Å². The zero-order chi connectivity index (χ0) is 11.3. The van der Waals surface area contributed by atoms with E-state index in [0.29, 0.717) is 0 Å². The maximum absolute atomic E-state index is 11.7. The van der Waals surface area contributed by atoms with E-state index in [1.54, 1.807) is 0 Å². The number of rotatable bonds is 6. The van der Waals surface area contributed by atoms with Crippen molar-refractivity contribution in [1.82, 2.24) is 14.9 Å². The van der Waals surface area contributed by atoms with E-state index in [-0.39, 0.29) is 11.1 Å². The van der Waals surface area contributed by atoms with Gasteiger partial charge < -0.3 is 0 Å². The molecule has 0 radical (unpaired) electrons. The number of sulfonamides is 1. The van der Waals surface area contributed by atoms with E-state index in [0.717, 1.165) is 18.2 Å². The van der Waals surface area contributed by atoms with Crippen LogP contribution in [0.5, 0.6) is 0 Å². The first-order valence-corrected chi connectivity index (χ1v) is 7.24. The van der Waals surface area contributed by atoms with Crippen molar-refractivity contribution in [2.24, 2.45) is 0 Å². The van der Waals surface area contributed by atoms with Crippen molar-refractivity contribution in [2.75, 3.05) is 5.33 Å². The monoisotopic (exact) mass is 295 g/mol. The fraction of sp³-hybridized carbons (Fsp3) is 0.625. The van der Waals surface area contributed by atoms with Crippen molar-refractivity contribution in [2.45, 2.75) is 30.8 Å². The summed E-state index contributed by atoms with van der Waals surface area (Å²) in [4.78, 5) is 0. The fourth-order valence-electron chi connectivity index (χ4n) is 1.16. The van der Waals surface area contributed by atoms with Gasteiger partial charge in [-0.3, -0.25) is 5.10 Å². The van der Waals surface area contributed by atoms with Crippen LogP contribution >= 0.6 is 15.9 Å². The summed E-state index contributed by atoms with van der Waals surface area (Å²) in [6, 6.07) is 1.36. The SMILES string of the molecule is CC(CCCBr)NS(=O)(=O)c1ccn[nH]1. The molecule has 5 nitrogen and oxygen atoms in total. The molecule has 0 aliphatic rings. The molecule has 1 unspecified atom stereocenters. The summed E-state index contributed by atoms with van der Waals surface area (Å²) >= 11 is 3.30. The highest BCUT2D eigenvalue weighted by molar-refractivity contribution is 9.09. The fourth-order valence-corrected chi connectivity index (χ4v) is 2.67. The third kappa shape index (κ3) is 3.92. The van der Waals surface area contributed by atoms with Gasteiger partial charge in [0.25, 0.3) is 10.0 Å². The van der Waals surface area contributed by atoms with Crippen molar-refractivity contribution in [3.8, 4) is 0 Å². The maximum atomic E-state index is 11.7. The van der Waals surface area contributed by atoms with E-state index < -0.39 is 10.0 Å². The van der Waals surface area contributed by atoms with Crippen molar-refractivity contribution in [3.05, 3.63) is 12.3 Å². The summed E-state index contributed by atoms with van der Waals surface area (Å²) in [6.45, 7) is 1.84. The van der Waals surface area contributed by atoms with E-state index in [1.165, 1.54) is 12.3 Å². The summed E-state index contributed by atoms with van der Waals surface area (Å²) in [5.41, 5.74) is 0. The third-order valence-corrected chi connectivity index (χ3v) is 3.97. The highest BCUT2D eigenvalue weighted by Gasteiger charge is 2.17. The van der Waals surface area contributed by atoms with E-state index in [4.69, 9.17) is 0 Å². The van der Waals surface area contributed by atoms with Crippen LogP contribution in [0.25, 0.3) is 0 Å². The minimum atomic E-state index is -3.43. The van der Waals surface area contributed by atoms with E-state index in [1.807, 2.05) is 6.92 Å². The Bertz CT molecular complexity index is 377. The van der Waals surface area contributed by atoms with Crippen LogP contribution in [0.15, 0.2) is 17.3 Å². The number of alkyl halides is 1. The van der Waals surface area contributed by atoms with Crippen LogP contribution in [-0.2, 0) is 10.0 Å². The third-order valence-electron chi connectivity index (χ3n) is 1.89. The summed E-state index contributed by atoms with van der Waals surface area (Å²) in [5, 5.41) is 7.02. The highest BCUT2D eigenvalue weighted by atomic mass is 79.9. The summed E-state index contributed by atoms with van der Waals surface area (Å²) < 4.78 is 25.9. The molecule has 0 saturated heterocycles. The topological polar surface area (TPSA) is 74.8 Å². The van der Waals surface area contributed by atoms with Gasteiger partial charge in [-0.15, -0.1) is 0 Å². The molecule has 1 aromatic rings. The van der Waals surface area contributed by atoms with Gasteiger partial charge in [0.15, 0.2) is 5.03 Å². The molecule has 1 aromatic heterocycles. The Labute approximate surface area is 97.8 Å². The van der Waals surface area contributed by atoms with Crippen LogP contribution in [0.1, 0.15) is 19.8 Å². The maximum Gasteiger partial charge on any atom is 0.257 e. The molecule has 15 heavy (non-hydrogen) atoms. The first kappa shape index (κ1) is 12.7. The average Bonchev–Trinajstić information content (AvgIpc) is 2.67. The van der Waals surface area contributed by atoms with Crippen molar-refractivity contribution < 1.29 is 8.42 Å². The summed E-state index contributed by atoms with van der Waals surface area (Å²) in [6.07, 6.45) is 3.16. The zero-order valence-corrected chi connectivity index (χ0v) is 10.8. The van der Waals surface area contributed by atoms with Crippen molar-refractivity contribution >= 4 is 26.0 Å². The van der Waals surface area contributed by atoms with Crippen LogP contribution in [0, 0.1) is 0 Å². The van der Waals surface area contributed by atoms with Crippen LogP contribution in [-0.4, -0.2) is 30.0 Å². The summed E-state index contributed by atoms with van der Waals surface area (Å²) in [5.74, 6) is 0. The Morgan fingerprint density at radius 2 is 2.40 bits per heavy atom. The number of H-pyrrole nitrogens is 1. The Morgan fingerprint density at radius 1 is 1.67 bits per heavy atom. The molecule has 0 aliphatic heterocycles. The Hall–Kier alpha value is -0.400. The van der Waals surface area contributed by atoms with Crippen LogP contribution in [0.4, 0.5) is 0 Å². The Morgan fingerprint density at radius 3 is 2.93 bits per heavy atom. The molecule has 1 atom stereocenters. The molecule has 0 bridgehead atoms. The molecule has 0 amide bonds. The lowest BCUT2D eigenvalue weighted by Crippen LogP contribution is -2.32. The molecule has 0 fully saturated rings. The molecule has 86 valence electrons. The van der Waals surface area contributed by atoms with Crippen LogP contribution < -0.4 is 4.72 Å². The van der Waals surface area contributed by atoms with Gasteiger partial charge in [-0.2, -0.15) is 5.10 Å². The standard InChI is InChI=1S/C8H14BrN3O2S/c1-7(3-2-5-9)12-15(13,14)8-4-6-10-11-8/h4,6-7,12H,2-3,5H2,1H3,(H,10,11).